The number of likely N-dealkylation sites (tertiary alicyclic amines) is 2. The zero-order valence-corrected chi connectivity index (χ0v) is 13.7. The summed E-state index contributed by atoms with van der Waals surface area (Å²) >= 11 is 0. The highest BCUT2D eigenvalue weighted by atomic mass is 16.2. The molecule has 2 aliphatic rings. The molecule has 2 fully saturated rings. The van der Waals surface area contributed by atoms with E-state index in [2.05, 4.69) is 34.5 Å². The predicted octanol–water partition coefficient (Wildman–Crippen LogP) is 1.25. The first-order valence-electron chi connectivity index (χ1n) is 8.42. The van der Waals surface area contributed by atoms with Gasteiger partial charge in [0.05, 0.1) is 0 Å². The highest BCUT2D eigenvalue weighted by molar-refractivity contribution is 5.87. The minimum atomic E-state index is -0.151. The zero-order chi connectivity index (χ0) is 16.2. The largest absolute Gasteiger partial charge is 0.352 e. The van der Waals surface area contributed by atoms with E-state index in [0.29, 0.717) is 13.0 Å². The molecule has 2 saturated heterocycles. The number of piperidine rings is 1. The van der Waals surface area contributed by atoms with E-state index in [1.165, 1.54) is 5.56 Å². The van der Waals surface area contributed by atoms with Gasteiger partial charge in [0.1, 0.15) is 0 Å². The fourth-order valence-corrected chi connectivity index (χ4v) is 3.42. The number of carbonyl (C=O) groups excluding carboxylic acids is 2. The second kappa shape index (κ2) is 7.13. The monoisotopic (exact) mass is 315 g/mol. The summed E-state index contributed by atoms with van der Waals surface area (Å²) in [6, 6.07) is 10.6. The van der Waals surface area contributed by atoms with Crippen LogP contribution in [0.25, 0.3) is 0 Å². The number of benzene rings is 1. The second-order valence-electron chi connectivity index (χ2n) is 6.72. The lowest BCUT2D eigenvalue weighted by molar-refractivity contribution is -0.139. The van der Waals surface area contributed by atoms with Crippen molar-refractivity contribution in [2.75, 3.05) is 26.7 Å². The zero-order valence-electron chi connectivity index (χ0n) is 13.7. The molecule has 0 unspecified atom stereocenters. The Hall–Kier alpha value is -1.88. The molecule has 0 spiro atoms. The van der Waals surface area contributed by atoms with E-state index in [1.54, 1.807) is 11.9 Å². The predicted molar refractivity (Wildman–Crippen MR) is 88.6 cm³/mol. The van der Waals surface area contributed by atoms with Gasteiger partial charge in [-0.3, -0.25) is 14.5 Å². The normalized spacial score (nSPS) is 25.6. The maximum Gasteiger partial charge on any atom is 0.223 e. The summed E-state index contributed by atoms with van der Waals surface area (Å²) < 4.78 is 0. The number of nitrogens with zero attached hydrogens (tertiary/aromatic N) is 2. The van der Waals surface area contributed by atoms with Crippen molar-refractivity contribution in [1.29, 1.82) is 0 Å². The molecule has 2 amide bonds. The molecule has 1 aromatic carbocycles. The maximum absolute atomic E-state index is 12.4. The van der Waals surface area contributed by atoms with Gasteiger partial charge in [-0.25, -0.2) is 0 Å². The summed E-state index contributed by atoms with van der Waals surface area (Å²) in [7, 11) is 1.80. The highest BCUT2D eigenvalue weighted by Gasteiger charge is 2.31. The molecule has 2 aliphatic heterocycles. The molecule has 5 heteroatoms. The van der Waals surface area contributed by atoms with Crippen LogP contribution in [0.5, 0.6) is 0 Å². The van der Waals surface area contributed by atoms with Gasteiger partial charge in [-0.1, -0.05) is 30.3 Å². The van der Waals surface area contributed by atoms with Crippen molar-refractivity contribution in [3.63, 3.8) is 0 Å². The van der Waals surface area contributed by atoms with Crippen LogP contribution < -0.4 is 5.32 Å². The average Bonchev–Trinajstić information content (AvgIpc) is 2.98. The summed E-state index contributed by atoms with van der Waals surface area (Å²) in [5.74, 6) is -0.0200. The first kappa shape index (κ1) is 16.0. The van der Waals surface area contributed by atoms with Gasteiger partial charge in [-0.15, -0.1) is 0 Å². The molecule has 0 radical (unpaired) electrons. The van der Waals surface area contributed by atoms with E-state index in [1.807, 2.05) is 6.07 Å². The molecule has 23 heavy (non-hydrogen) atoms. The molecular weight excluding hydrogens is 290 g/mol. The Morgan fingerprint density at radius 2 is 2.00 bits per heavy atom. The van der Waals surface area contributed by atoms with Crippen molar-refractivity contribution >= 4 is 11.8 Å². The fourth-order valence-electron chi connectivity index (χ4n) is 3.42. The Morgan fingerprint density at radius 3 is 2.74 bits per heavy atom. The molecule has 2 heterocycles. The molecule has 0 aliphatic carbocycles. The van der Waals surface area contributed by atoms with Crippen LogP contribution in [0.15, 0.2) is 30.3 Å². The van der Waals surface area contributed by atoms with E-state index >= 15 is 0 Å². The van der Waals surface area contributed by atoms with E-state index in [-0.39, 0.29) is 23.8 Å². The Kier molecular flexibility index (Phi) is 4.96. The van der Waals surface area contributed by atoms with Crippen molar-refractivity contribution in [2.45, 2.75) is 31.8 Å². The third-order valence-corrected chi connectivity index (χ3v) is 4.90. The van der Waals surface area contributed by atoms with Gasteiger partial charge in [-0.05, 0) is 18.4 Å². The van der Waals surface area contributed by atoms with Crippen molar-refractivity contribution in [2.24, 2.45) is 5.92 Å². The molecule has 3 rings (SSSR count). The first-order valence-corrected chi connectivity index (χ1v) is 8.42. The summed E-state index contributed by atoms with van der Waals surface area (Å²) in [6.45, 7) is 3.51. The Balaban J connectivity index is 1.46. The SMILES string of the molecule is CN1CC[C@@H](C(=O)N[C@H]2CCN(Cc3ccccc3)C2)CC1=O. The van der Waals surface area contributed by atoms with Crippen molar-refractivity contribution in [1.82, 2.24) is 15.1 Å². The average molecular weight is 315 g/mol. The highest BCUT2D eigenvalue weighted by Crippen LogP contribution is 2.19. The molecule has 5 nitrogen and oxygen atoms in total. The van der Waals surface area contributed by atoms with Crippen LogP contribution in [0.1, 0.15) is 24.8 Å². The van der Waals surface area contributed by atoms with Crippen LogP contribution in [0.4, 0.5) is 0 Å². The van der Waals surface area contributed by atoms with Crippen LogP contribution in [0.2, 0.25) is 0 Å². The van der Waals surface area contributed by atoms with Gasteiger partial charge in [0, 0.05) is 51.6 Å². The van der Waals surface area contributed by atoms with Gasteiger partial charge >= 0.3 is 0 Å². The second-order valence-corrected chi connectivity index (χ2v) is 6.72. The van der Waals surface area contributed by atoms with Crippen LogP contribution in [-0.4, -0.2) is 54.3 Å². The third-order valence-electron chi connectivity index (χ3n) is 4.90. The quantitative estimate of drug-likeness (QED) is 0.910. The molecule has 1 aromatic rings. The number of amides is 2. The number of nitrogens with one attached hydrogen (secondary N) is 1. The number of hydrogen-bond donors (Lipinski definition) is 1. The standard InChI is InChI=1S/C18H25N3O2/c1-20-9-7-15(11-17(20)22)18(23)19-16-8-10-21(13-16)12-14-5-3-2-4-6-14/h2-6,15-16H,7-13H2,1H3,(H,19,23)/t15-,16+/m1/s1. The smallest absolute Gasteiger partial charge is 0.223 e. The Morgan fingerprint density at radius 1 is 1.22 bits per heavy atom. The van der Waals surface area contributed by atoms with Crippen molar-refractivity contribution in [3.05, 3.63) is 35.9 Å². The van der Waals surface area contributed by atoms with Gasteiger partial charge in [0.2, 0.25) is 11.8 Å². The Labute approximate surface area is 137 Å². The molecular formula is C18H25N3O2. The molecule has 124 valence electrons. The number of carbonyl (C=O) groups is 2. The van der Waals surface area contributed by atoms with E-state index in [9.17, 15) is 9.59 Å². The van der Waals surface area contributed by atoms with Gasteiger partial charge in [0.15, 0.2) is 0 Å². The van der Waals surface area contributed by atoms with Gasteiger partial charge < -0.3 is 10.2 Å². The lowest BCUT2D eigenvalue weighted by atomic mass is 9.95. The summed E-state index contributed by atoms with van der Waals surface area (Å²) in [5.41, 5.74) is 1.31. The van der Waals surface area contributed by atoms with Crippen LogP contribution in [-0.2, 0) is 16.1 Å². The van der Waals surface area contributed by atoms with Gasteiger partial charge in [-0.2, -0.15) is 0 Å². The Bertz CT molecular complexity index is 561. The first-order chi connectivity index (χ1) is 11.1. The number of hydrogen-bond acceptors (Lipinski definition) is 3. The van der Waals surface area contributed by atoms with Crippen molar-refractivity contribution in [3.8, 4) is 0 Å². The lowest BCUT2D eigenvalue weighted by Crippen LogP contribution is -2.45. The fraction of sp³-hybridized carbons (Fsp3) is 0.556. The molecule has 2 atom stereocenters. The van der Waals surface area contributed by atoms with Gasteiger partial charge in [0.25, 0.3) is 0 Å². The maximum atomic E-state index is 12.4. The number of rotatable bonds is 4. The minimum Gasteiger partial charge on any atom is -0.352 e. The molecule has 0 aromatic heterocycles. The minimum absolute atomic E-state index is 0.0537. The van der Waals surface area contributed by atoms with Crippen molar-refractivity contribution < 1.29 is 9.59 Å². The van der Waals surface area contributed by atoms with E-state index < -0.39 is 0 Å². The van der Waals surface area contributed by atoms with Crippen LogP contribution >= 0.6 is 0 Å². The van der Waals surface area contributed by atoms with Crippen LogP contribution in [0.3, 0.4) is 0 Å². The summed E-state index contributed by atoms with van der Waals surface area (Å²) in [5, 5.41) is 3.15. The molecule has 1 N–H and O–H groups in total. The molecule has 0 bridgehead atoms. The summed E-state index contributed by atoms with van der Waals surface area (Å²) in [6.07, 6.45) is 2.11. The third kappa shape index (κ3) is 4.10. The summed E-state index contributed by atoms with van der Waals surface area (Å²) in [4.78, 5) is 28.2. The lowest BCUT2D eigenvalue weighted by Gasteiger charge is -2.28. The topological polar surface area (TPSA) is 52.7 Å². The molecule has 0 saturated carbocycles. The van der Waals surface area contributed by atoms with E-state index in [0.717, 1.165) is 32.5 Å². The van der Waals surface area contributed by atoms with Crippen LogP contribution in [0, 0.1) is 5.92 Å². The van der Waals surface area contributed by atoms with E-state index in [4.69, 9.17) is 0 Å².